The number of nitrogens with zero attached hydrogens (tertiary/aromatic N) is 1. The lowest BCUT2D eigenvalue weighted by atomic mass is 10.0. The van der Waals surface area contributed by atoms with Crippen LogP contribution in [-0.4, -0.2) is 25.0 Å². The Bertz CT molecular complexity index is 717. The van der Waals surface area contributed by atoms with E-state index in [1.807, 2.05) is 48.2 Å². The summed E-state index contributed by atoms with van der Waals surface area (Å²) in [6, 6.07) is 15.3. The van der Waals surface area contributed by atoms with Crippen molar-refractivity contribution in [1.82, 2.24) is 5.32 Å². The largest absolute Gasteiger partial charge is 0.367 e. The minimum atomic E-state index is -0.193. The minimum absolute atomic E-state index is 0.0698. The molecule has 2 aromatic rings. The van der Waals surface area contributed by atoms with Gasteiger partial charge < -0.3 is 10.2 Å². The fourth-order valence-corrected chi connectivity index (χ4v) is 3.38. The number of benzene rings is 2. The second kappa shape index (κ2) is 8.15. The van der Waals surface area contributed by atoms with Gasteiger partial charge in [-0.05, 0) is 49.4 Å². The van der Waals surface area contributed by atoms with Crippen LogP contribution in [0.1, 0.15) is 30.4 Å². The lowest BCUT2D eigenvalue weighted by Crippen LogP contribution is -2.48. The number of carbonyl (C=O) groups is 1. The molecule has 1 aliphatic heterocycles. The molecule has 0 radical (unpaired) electrons. The van der Waals surface area contributed by atoms with Crippen LogP contribution in [0.25, 0.3) is 0 Å². The highest BCUT2D eigenvalue weighted by molar-refractivity contribution is 5.76. The first kappa shape index (κ1) is 17.5. The SMILES string of the molecule is Cc1ccc(F)c(N2CCCC(NC(=O)CCc3ccccc3)C2)c1. The van der Waals surface area contributed by atoms with Crippen LogP contribution in [0.5, 0.6) is 0 Å². The van der Waals surface area contributed by atoms with E-state index in [1.165, 1.54) is 11.6 Å². The molecule has 0 bridgehead atoms. The van der Waals surface area contributed by atoms with Gasteiger partial charge >= 0.3 is 0 Å². The normalized spacial score (nSPS) is 17.4. The zero-order chi connectivity index (χ0) is 17.6. The fourth-order valence-electron chi connectivity index (χ4n) is 3.38. The van der Waals surface area contributed by atoms with Crippen molar-refractivity contribution in [3.63, 3.8) is 0 Å². The van der Waals surface area contributed by atoms with E-state index >= 15 is 0 Å². The van der Waals surface area contributed by atoms with Gasteiger partial charge in [0.05, 0.1) is 5.69 Å². The molecule has 1 saturated heterocycles. The predicted octanol–water partition coefficient (Wildman–Crippen LogP) is 3.85. The summed E-state index contributed by atoms with van der Waals surface area (Å²) in [7, 11) is 0. The van der Waals surface area contributed by atoms with Crippen molar-refractivity contribution in [3.8, 4) is 0 Å². The third-order valence-corrected chi connectivity index (χ3v) is 4.71. The van der Waals surface area contributed by atoms with Crippen molar-refractivity contribution in [2.45, 2.75) is 38.6 Å². The lowest BCUT2D eigenvalue weighted by Gasteiger charge is -2.35. The van der Waals surface area contributed by atoms with Gasteiger partial charge in [0.25, 0.3) is 0 Å². The summed E-state index contributed by atoms with van der Waals surface area (Å²) in [5.41, 5.74) is 2.86. The number of amides is 1. The molecule has 0 aromatic heterocycles. The molecule has 2 aromatic carbocycles. The molecule has 4 heteroatoms. The Kier molecular flexibility index (Phi) is 5.69. The van der Waals surface area contributed by atoms with Crippen LogP contribution in [0.4, 0.5) is 10.1 Å². The van der Waals surface area contributed by atoms with Gasteiger partial charge in [-0.25, -0.2) is 4.39 Å². The molecule has 1 amide bonds. The zero-order valence-corrected chi connectivity index (χ0v) is 14.7. The number of hydrogen-bond donors (Lipinski definition) is 1. The number of aryl methyl sites for hydroxylation is 2. The molecule has 132 valence electrons. The summed E-state index contributed by atoms with van der Waals surface area (Å²) < 4.78 is 14.1. The van der Waals surface area contributed by atoms with E-state index in [9.17, 15) is 9.18 Å². The van der Waals surface area contributed by atoms with Crippen LogP contribution in [0.3, 0.4) is 0 Å². The Morgan fingerprint density at radius 1 is 1.24 bits per heavy atom. The second-order valence-corrected chi connectivity index (χ2v) is 6.79. The molecule has 1 N–H and O–H groups in total. The molecule has 0 spiro atoms. The monoisotopic (exact) mass is 340 g/mol. The highest BCUT2D eigenvalue weighted by Crippen LogP contribution is 2.24. The van der Waals surface area contributed by atoms with Crippen LogP contribution < -0.4 is 10.2 Å². The van der Waals surface area contributed by atoms with E-state index in [4.69, 9.17) is 0 Å². The maximum absolute atomic E-state index is 14.1. The van der Waals surface area contributed by atoms with Crippen LogP contribution in [0, 0.1) is 12.7 Å². The van der Waals surface area contributed by atoms with Gasteiger partial charge in [0.15, 0.2) is 0 Å². The zero-order valence-electron chi connectivity index (χ0n) is 14.7. The molecule has 1 unspecified atom stereocenters. The molecule has 3 nitrogen and oxygen atoms in total. The molecule has 0 saturated carbocycles. The number of piperidine rings is 1. The van der Waals surface area contributed by atoms with E-state index in [2.05, 4.69) is 5.32 Å². The number of carbonyl (C=O) groups excluding carboxylic acids is 1. The topological polar surface area (TPSA) is 32.3 Å². The third kappa shape index (κ3) is 4.81. The van der Waals surface area contributed by atoms with E-state index < -0.39 is 0 Å². The molecular formula is C21H25FN2O. The van der Waals surface area contributed by atoms with E-state index in [0.29, 0.717) is 18.7 Å². The maximum atomic E-state index is 14.1. The van der Waals surface area contributed by atoms with Gasteiger partial charge in [-0.2, -0.15) is 0 Å². The Labute approximate surface area is 148 Å². The highest BCUT2D eigenvalue weighted by atomic mass is 19.1. The summed E-state index contributed by atoms with van der Waals surface area (Å²) in [6.07, 6.45) is 3.13. The lowest BCUT2D eigenvalue weighted by molar-refractivity contribution is -0.121. The first-order chi connectivity index (χ1) is 12.1. The molecule has 1 aliphatic rings. The van der Waals surface area contributed by atoms with Crippen molar-refractivity contribution < 1.29 is 9.18 Å². The van der Waals surface area contributed by atoms with Crippen LogP contribution >= 0.6 is 0 Å². The van der Waals surface area contributed by atoms with Crippen molar-refractivity contribution in [2.24, 2.45) is 0 Å². The Hall–Kier alpha value is -2.36. The Morgan fingerprint density at radius 2 is 2.04 bits per heavy atom. The predicted molar refractivity (Wildman–Crippen MR) is 99.3 cm³/mol. The standard InChI is InChI=1S/C21H25FN2O/c1-16-9-11-19(22)20(14-16)24-13-5-8-18(15-24)23-21(25)12-10-17-6-3-2-4-7-17/h2-4,6-7,9,11,14,18H,5,8,10,12-13,15H2,1H3,(H,23,25). The Morgan fingerprint density at radius 3 is 2.84 bits per heavy atom. The number of rotatable bonds is 5. The first-order valence-corrected chi connectivity index (χ1v) is 8.96. The van der Waals surface area contributed by atoms with Crippen LogP contribution in [-0.2, 0) is 11.2 Å². The first-order valence-electron chi connectivity index (χ1n) is 8.96. The number of hydrogen-bond acceptors (Lipinski definition) is 2. The van der Waals surface area contributed by atoms with Crippen molar-refractivity contribution in [1.29, 1.82) is 0 Å². The summed E-state index contributed by atoms with van der Waals surface area (Å²) in [5, 5.41) is 3.12. The quantitative estimate of drug-likeness (QED) is 0.897. The smallest absolute Gasteiger partial charge is 0.220 e. The van der Waals surface area contributed by atoms with Crippen molar-refractivity contribution in [3.05, 3.63) is 65.5 Å². The second-order valence-electron chi connectivity index (χ2n) is 6.79. The summed E-state index contributed by atoms with van der Waals surface area (Å²) in [4.78, 5) is 14.3. The van der Waals surface area contributed by atoms with Crippen LogP contribution in [0.2, 0.25) is 0 Å². The van der Waals surface area contributed by atoms with Gasteiger partial charge in [0.1, 0.15) is 5.82 Å². The maximum Gasteiger partial charge on any atom is 0.220 e. The van der Waals surface area contributed by atoms with Gasteiger partial charge in [0.2, 0.25) is 5.91 Å². The average Bonchev–Trinajstić information content (AvgIpc) is 2.63. The van der Waals surface area contributed by atoms with E-state index in [1.54, 1.807) is 6.07 Å². The third-order valence-electron chi connectivity index (χ3n) is 4.71. The van der Waals surface area contributed by atoms with Crippen LogP contribution in [0.15, 0.2) is 48.5 Å². The highest BCUT2D eigenvalue weighted by Gasteiger charge is 2.23. The molecule has 25 heavy (non-hydrogen) atoms. The number of halogens is 1. The van der Waals surface area contributed by atoms with E-state index in [0.717, 1.165) is 31.4 Å². The van der Waals surface area contributed by atoms with Gasteiger partial charge in [0, 0.05) is 25.6 Å². The molecule has 3 rings (SSSR count). The van der Waals surface area contributed by atoms with Crippen molar-refractivity contribution in [2.75, 3.05) is 18.0 Å². The molecule has 0 aliphatic carbocycles. The van der Waals surface area contributed by atoms with E-state index in [-0.39, 0.29) is 17.8 Å². The molecular weight excluding hydrogens is 315 g/mol. The molecule has 1 heterocycles. The number of anilines is 1. The van der Waals surface area contributed by atoms with Gasteiger partial charge in [-0.3, -0.25) is 4.79 Å². The van der Waals surface area contributed by atoms with Crippen molar-refractivity contribution >= 4 is 11.6 Å². The average molecular weight is 340 g/mol. The van der Waals surface area contributed by atoms with Gasteiger partial charge in [-0.15, -0.1) is 0 Å². The van der Waals surface area contributed by atoms with Gasteiger partial charge in [-0.1, -0.05) is 36.4 Å². The summed E-state index contributed by atoms with van der Waals surface area (Å²) >= 11 is 0. The number of nitrogens with one attached hydrogen (secondary N) is 1. The summed E-state index contributed by atoms with van der Waals surface area (Å²) in [6.45, 7) is 3.46. The summed E-state index contributed by atoms with van der Waals surface area (Å²) in [5.74, 6) is -0.123. The minimum Gasteiger partial charge on any atom is -0.367 e. The fraction of sp³-hybridized carbons (Fsp3) is 0.381. The molecule has 1 atom stereocenters. The Balaban J connectivity index is 1.54. The molecule has 1 fully saturated rings.